The Hall–Kier alpha value is -2.59. The number of anilines is 1. The minimum absolute atomic E-state index is 0.701. The molecule has 146 valence electrons. The van der Waals surface area contributed by atoms with Crippen LogP contribution in [-0.2, 0) is 13.1 Å². The summed E-state index contributed by atoms with van der Waals surface area (Å²) >= 11 is 0. The van der Waals surface area contributed by atoms with Gasteiger partial charge in [-0.1, -0.05) is 30.3 Å². The van der Waals surface area contributed by atoms with Crippen LogP contribution < -0.4 is 4.90 Å². The first kappa shape index (κ1) is 18.8. The average molecular weight is 376 g/mol. The smallest absolute Gasteiger partial charge is 0.226 e. The summed E-state index contributed by atoms with van der Waals surface area (Å²) in [5, 5.41) is 0. The molecule has 0 bridgehead atoms. The van der Waals surface area contributed by atoms with E-state index in [1.54, 1.807) is 0 Å². The number of nitrogens with zero attached hydrogens (tertiary/aromatic N) is 3. The van der Waals surface area contributed by atoms with Gasteiger partial charge in [-0.3, -0.25) is 4.90 Å². The lowest BCUT2D eigenvalue weighted by Crippen LogP contribution is -2.29. The monoisotopic (exact) mass is 375 g/mol. The summed E-state index contributed by atoms with van der Waals surface area (Å²) in [6.45, 7) is 6.04. The van der Waals surface area contributed by atoms with Crippen molar-refractivity contribution in [1.29, 1.82) is 0 Å². The van der Waals surface area contributed by atoms with Crippen LogP contribution in [-0.4, -0.2) is 30.0 Å². The average Bonchev–Trinajstić information content (AvgIpc) is 3.10. The van der Waals surface area contributed by atoms with Crippen molar-refractivity contribution in [1.82, 2.24) is 9.88 Å². The topological polar surface area (TPSA) is 32.5 Å². The number of benzene rings is 2. The van der Waals surface area contributed by atoms with E-state index < -0.39 is 0 Å². The maximum Gasteiger partial charge on any atom is 0.226 e. The van der Waals surface area contributed by atoms with Crippen molar-refractivity contribution >= 4 is 5.69 Å². The molecule has 2 heterocycles. The van der Waals surface area contributed by atoms with Crippen LogP contribution in [0.4, 0.5) is 5.69 Å². The van der Waals surface area contributed by atoms with Crippen LogP contribution in [0.1, 0.15) is 36.3 Å². The van der Waals surface area contributed by atoms with E-state index in [1.165, 1.54) is 43.6 Å². The summed E-state index contributed by atoms with van der Waals surface area (Å²) < 4.78 is 5.89. The Kier molecular flexibility index (Phi) is 5.77. The largest absolute Gasteiger partial charge is 0.441 e. The van der Waals surface area contributed by atoms with Crippen LogP contribution >= 0.6 is 0 Å². The third kappa shape index (κ3) is 4.45. The second kappa shape index (κ2) is 8.61. The van der Waals surface area contributed by atoms with Crippen molar-refractivity contribution in [3.63, 3.8) is 0 Å². The van der Waals surface area contributed by atoms with Crippen molar-refractivity contribution in [3.05, 3.63) is 71.6 Å². The van der Waals surface area contributed by atoms with E-state index in [2.05, 4.69) is 41.1 Å². The SMILES string of the molecule is Cc1oc(-c2ccccc2)nc1CN(C)Cc1ccc(N2CCCCC2)cc1. The number of hydrogen-bond acceptors (Lipinski definition) is 4. The molecule has 1 aromatic heterocycles. The van der Waals surface area contributed by atoms with E-state index in [-0.39, 0.29) is 0 Å². The van der Waals surface area contributed by atoms with Gasteiger partial charge in [0.2, 0.25) is 5.89 Å². The van der Waals surface area contributed by atoms with Crippen LogP contribution in [0.25, 0.3) is 11.5 Å². The molecule has 4 rings (SSSR count). The molecule has 0 amide bonds. The fraction of sp³-hybridized carbons (Fsp3) is 0.375. The number of oxazole rings is 1. The molecular weight excluding hydrogens is 346 g/mol. The van der Waals surface area contributed by atoms with Crippen molar-refractivity contribution in [3.8, 4) is 11.5 Å². The molecular formula is C24H29N3O. The second-order valence-corrected chi connectivity index (χ2v) is 7.77. The standard InChI is InChI=1S/C24H29N3O/c1-19-23(25-24(28-19)21-9-5-3-6-10-21)18-26(2)17-20-11-13-22(14-12-20)27-15-7-4-8-16-27/h3,5-6,9-14H,4,7-8,15-18H2,1-2H3. The fourth-order valence-electron chi connectivity index (χ4n) is 3.87. The summed E-state index contributed by atoms with van der Waals surface area (Å²) in [5.41, 5.74) is 4.71. The molecule has 0 spiro atoms. The lowest BCUT2D eigenvalue weighted by Gasteiger charge is -2.29. The van der Waals surface area contributed by atoms with Gasteiger partial charge in [0.1, 0.15) is 5.76 Å². The Balaban J connectivity index is 1.38. The molecule has 3 aromatic rings. The first-order chi connectivity index (χ1) is 13.7. The highest BCUT2D eigenvalue weighted by Gasteiger charge is 2.14. The van der Waals surface area contributed by atoms with Crippen LogP contribution in [0.3, 0.4) is 0 Å². The first-order valence-electron chi connectivity index (χ1n) is 10.2. The maximum atomic E-state index is 5.89. The molecule has 28 heavy (non-hydrogen) atoms. The van der Waals surface area contributed by atoms with E-state index in [1.807, 2.05) is 37.3 Å². The number of piperidine rings is 1. The molecule has 0 unspecified atom stereocenters. The van der Waals surface area contributed by atoms with Crippen LogP contribution in [0, 0.1) is 6.92 Å². The van der Waals surface area contributed by atoms with E-state index in [4.69, 9.17) is 9.40 Å². The zero-order valence-electron chi connectivity index (χ0n) is 16.9. The van der Waals surface area contributed by atoms with Crippen molar-refractivity contribution in [2.45, 2.75) is 39.3 Å². The fourth-order valence-corrected chi connectivity index (χ4v) is 3.87. The predicted molar refractivity (Wildman–Crippen MR) is 114 cm³/mol. The number of aromatic nitrogens is 1. The highest BCUT2D eigenvalue weighted by molar-refractivity contribution is 5.53. The van der Waals surface area contributed by atoms with E-state index in [0.717, 1.165) is 30.1 Å². The van der Waals surface area contributed by atoms with Gasteiger partial charge in [0.25, 0.3) is 0 Å². The Labute approximate surface area is 167 Å². The number of hydrogen-bond donors (Lipinski definition) is 0. The Bertz CT molecular complexity index is 880. The van der Waals surface area contributed by atoms with Gasteiger partial charge in [0, 0.05) is 37.4 Å². The normalized spacial score (nSPS) is 14.6. The van der Waals surface area contributed by atoms with Crippen molar-refractivity contribution in [2.75, 3.05) is 25.0 Å². The van der Waals surface area contributed by atoms with Crippen LogP contribution in [0.2, 0.25) is 0 Å². The van der Waals surface area contributed by atoms with Crippen LogP contribution in [0.5, 0.6) is 0 Å². The Morgan fingerprint density at radius 2 is 1.64 bits per heavy atom. The minimum Gasteiger partial charge on any atom is -0.441 e. The highest BCUT2D eigenvalue weighted by atomic mass is 16.4. The first-order valence-corrected chi connectivity index (χ1v) is 10.2. The lowest BCUT2D eigenvalue weighted by atomic mass is 10.1. The second-order valence-electron chi connectivity index (χ2n) is 7.77. The molecule has 4 nitrogen and oxygen atoms in total. The summed E-state index contributed by atoms with van der Waals surface area (Å²) in [5.74, 6) is 1.60. The molecule has 1 aliphatic heterocycles. The molecule has 1 fully saturated rings. The minimum atomic E-state index is 0.701. The number of rotatable bonds is 6. The van der Waals surface area contributed by atoms with E-state index in [0.29, 0.717) is 5.89 Å². The molecule has 0 N–H and O–H groups in total. The van der Waals surface area contributed by atoms with Gasteiger partial charge in [0.05, 0.1) is 5.69 Å². The van der Waals surface area contributed by atoms with Gasteiger partial charge in [-0.2, -0.15) is 0 Å². The van der Waals surface area contributed by atoms with Gasteiger partial charge in [0.15, 0.2) is 0 Å². The highest BCUT2D eigenvalue weighted by Crippen LogP contribution is 2.23. The summed E-state index contributed by atoms with van der Waals surface area (Å²) in [7, 11) is 2.13. The van der Waals surface area contributed by atoms with Gasteiger partial charge in [-0.25, -0.2) is 4.98 Å². The molecule has 0 aliphatic carbocycles. The van der Waals surface area contributed by atoms with Gasteiger partial charge < -0.3 is 9.32 Å². The summed E-state index contributed by atoms with van der Waals surface area (Å²) in [6.07, 6.45) is 3.99. The Morgan fingerprint density at radius 1 is 0.929 bits per heavy atom. The van der Waals surface area contributed by atoms with Crippen molar-refractivity contribution < 1.29 is 4.42 Å². The zero-order valence-corrected chi connectivity index (χ0v) is 16.9. The molecule has 4 heteroatoms. The Morgan fingerprint density at radius 3 is 2.36 bits per heavy atom. The molecule has 0 saturated carbocycles. The molecule has 0 radical (unpaired) electrons. The van der Waals surface area contributed by atoms with Crippen molar-refractivity contribution in [2.24, 2.45) is 0 Å². The summed E-state index contributed by atoms with van der Waals surface area (Å²) in [4.78, 5) is 9.51. The zero-order chi connectivity index (χ0) is 19.3. The summed E-state index contributed by atoms with van der Waals surface area (Å²) in [6, 6.07) is 19.1. The van der Waals surface area contributed by atoms with E-state index in [9.17, 15) is 0 Å². The molecule has 1 saturated heterocycles. The van der Waals surface area contributed by atoms with Gasteiger partial charge in [-0.15, -0.1) is 0 Å². The molecule has 0 atom stereocenters. The predicted octanol–water partition coefficient (Wildman–Crippen LogP) is 5.27. The van der Waals surface area contributed by atoms with Gasteiger partial charge >= 0.3 is 0 Å². The third-order valence-corrected chi connectivity index (χ3v) is 5.44. The maximum absolute atomic E-state index is 5.89. The third-order valence-electron chi connectivity index (χ3n) is 5.44. The molecule has 1 aliphatic rings. The quantitative estimate of drug-likeness (QED) is 0.587. The van der Waals surface area contributed by atoms with E-state index >= 15 is 0 Å². The van der Waals surface area contributed by atoms with Gasteiger partial charge in [-0.05, 0) is 63.1 Å². The number of aryl methyl sites for hydroxylation is 1. The lowest BCUT2D eigenvalue weighted by molar-refractivity contribution is 0.313. The molecule has 2 aromatic carbocycles. The van der Waals surface area contributed by atoms with Crippen LogP contribution in [0.15, 0.2) is 59.0 Å².